The van der Waals surface area contributed by atoms with Crippen molar-refractivity contribution >= 4 is 17.3 Å². The number of nitrogens with zero attached hydrogens (tertiary/aromatic N) is 2. The van der Waals surface area contributed by atoms with E-state index in [9.17, 15) is 4.79 Å². The molecule has 0 aliphatic carbocycles. The first-order chi connectivity index (χ1) is 10.1. The third kappa shape index (κ3) is 2.31. The van der Waals surface area contributed by atoms with Crippen molar-refractivity contribution < 1.29 is 4.79 Å². The lowest BCUT2D eigenvalue weighted by atomic mass is 9.99. The van der Waals surface area contributed by atoms with Crippen LogP contribution in [-0.2, 0) is 6.42 Å². The average Bonchev–Trinajstić information content (AvgIpc) is 2.96. The summed E-state index contributed by atoms with van der Waals surface area (Å²) in [6, 6.07) is 9.90. The molecule has 0 bridgehead atoms. The van der Waals surface area contributed by atoms with Gasteiger partial charge in [-0.2, -0.15) is 0 Å². The fourth-order valence-corrected chi connectivity index (χ4v) is 3.03. The van der Waals surface area contributed by atoms with Crippen molar-refractivity contribution in [1.82, 2.24) is 4.57 Å². The molecule has 1 aromatic heterocycles. The number of benzene rings is 1. The van der Waals surface area contributed by atoms with E-state index in [0.717, 1.165) is 42.0 Å². The third-order valence-corrected chi connectivity index (χ3v) is 4.09. The Morgan fingerprint density at radius 3 is 2.81 bits per heavy atom. The van der Waals surface area contributed by atoms with Crippen LogP contribution in [0.1, 0.15) is 42.4 Å². The highest BCUT2D eigenvalue weighted by Crippen LogP contribution is 2.32. The molecule has 0 saturated carbocycles. The highest BCUT2D eigenvalue weighted by Gasteiger charge is 2.26. The van der Waals surface area contributed by atoms with E-state index in [1.54, 1.807) is 0 Å². The first-order valence-electron chi connectivity index (χ1n) is 7.45. The lowest BCUT2D eigenvalue weighted by Gasteiger charge is -2.30. The summed E-state index contributed by atoms with van der Waals surface area (Å²) in [4.78, 5) is 14.8. The van der Waals surface area contributed by atoms with E-state index in [1.807, 2.05) is 46.0 Å². The Bertz CT molecular complexity index is 672. The number of carbonyl (C=O) groups is 1. The number of nitrogen functional groups attached to an aromatic ring is 1. The molecule has 0 unspecified atom stereocenters. The van der Waals surface area contributed by atoms with Gasteiger partial charge in [0.25, 0.3) is 5.91 Å². The number of aromatic nitrogens is 1. The molecule has 2 heterocycles. The highest BCUT2D eigenvalue weighted by molar-refractivity contribution is 6.06. The maximum atomic E-state index is 12.9. The van der Waals surface area contributed by atoms with E-state index in [1.165, 1.54) is 0 Å². The van der Waals surface area contributed by atoms with E-state index < -0.39 is 0 Å². The van der Waals surface area contributed by atoms with Crippen molar-refractivity contribution in [2.24, 2.45) is 0 Å². The van der Waals surface area contributed by atoms with Crippen molar-refractivity contribution in [3.05, 3.63) is 47.8 Å². The van der Waals surface area contributed by atoms with Gasteiger partial charge in [0.2, 0.25) is 0 Å². The van der Waals surface area contributed by atoms with E-state index in [4.69, 9.17) is 5.73 Å². The second-order valence-electron chi connectivity index (χ2n) is 5.80. The summed E-state index contributed by atoms with van der Waals surface area (Å²) in [5, 5.41) is 0. The van der Waals surface area contributed by atoms with E-state index in [-0.39, 0.29) is 11.9 Å². The monoisotopic (exact) mass is 283 g/mol. The van der Waals surface area contributed by atoms with E-state index in [2.05, 4.69) is 13.8 Å². The number of anilines is 2. The molecule has 1 aliphatic heterocycles. The van der Waals surface area contributed by atoms with Crippen LogP contribution < -0.4 is 10.6 Å². The molecule has 0 saturated heterocycles. The molecule has 0 fully saturated rings. The molecule has 1 aliphatic rings. The summed E-state index contributed by atoms with van der Waals surface area (Å²) in [6.07, 6.45) is 3.86. The molecular formula is C17H21N3O. The summed E-state index contributed by atoms with van der Waals surface area (Å²) in [7, 11) is 0. The average molecular weight is 283 g/mol. The van der Waals surface area contributed by atoms with Gasteiger partial charge in [0, 0.05) is 30.2 Å². The topological polar surface area (TPSA) is 51.3 Å². The highest BCUT2D eigenvalue weighted by atomic mass is 16.2. The van der Waals surface area contributed by atoms with Crippen molar-refractivity contribution in [2.75, 3.05) is 17.2 Å². The van der Waals surface area contributed by atoms with Gasteiger partial charge in [0.05, 0.1) is 0 Å². The number of hydrogen-bond donors (Lipinski definition) is 1. The number of hydrogen-bond acceptors (Lipinski definition) is 2. The van der Waals surface area contributed by atoms with Gasteiger partial charge in [0.15, 0.2) is 0 Å². The standard InChI is InChI=1S/C17H21N3O/c1-12(2)19-10-5-9-16(19)17(21)20-11-4-6-13-14(18)7-3-8-15(13)20/h3,5,7-10,12H,4,6,11,18H2,1-2H3. The van der Waals surface area contributed by atoms with Gasteiger partial charge in [-0.25, -0.2) is 0 Å². The SMILES string of the molecule is CC(C)n1cccc1C(=O)N1CCCc2c(N)cccc21. The van der Waals surface area contributed by atoms with Gasteiger partial charge in [-0.1, -0.05) is 6.07 Å². The molecule has 3 rings (SSSR count). The van der Waals surface area contributed by atoms with Crippen LogP contribution in [0.4, 0.5) is 11.4 Å². The van der Waals surface area contributed by atoms with Crippen molar-refractivity contribution in [3.63, 3.8) is 0 Å². The van der Waals surface area contributed by atoms with Crippen LogP contribution in [0.5, 0.6) is 0 Å². The zero-order valence-corrected chi connectivity index (χ0v) is 12.5. The second-order valence-corrected chi connectivity index (χ2v) is 5.80. The van der Waals surface area contributed by atoms with Crippen LogP contribution in [0.3, 0.4) is 0 Å². The third-order valence-electron chi connectivity index (χ3n) is 4.09. The molecular weight excluding hydrogens is 262 g/mol. The number of nitrogens with two attached hydrogens (primary N) is 1. The van der Waals surface area contributed by atoms with Gasteiger partial charge in [0.1, 0.15) is 5.69 Å². The molecule has 0 atom stereocenters. The molecule has 1 aromatic carbocycles. The van der Waals surface area contributed by atoms with E-state index >= 15 is 0 Å². The largest absolute Gasteiger partial charge is 0.398 e. The smallest absolute Gasteiger partial charge is 0.274 e. The fraction of sp³-hybridized carbons (Fsp3) is 0.353. The Hall–Kier alpha value is -2.23. The predicted molar refractivity (Wildman–Crippen MR) is 85.7 cm³/mol. The molecule has 0 radical (unpaired) electrons. The quantitative estimate of drug-likeness (QED) is 0.860. The number of rotatable bonds is 2. The van der Waals surface area contributed by atoms with Gasteiger partial charge >= 0.3 is 0 Å². The van der Waals surface area contributed by atoms with Crippen molar-refractivity contribution in [2.45, 2.75) is 32.7 Å². The Labute approximate surface area is 125 Å². The minimum atomic E-state index is 0.0558. The van der Waals surface area contributed by atoms with E-state index in [0.29, 0.717) is 0 Å². The van der Waals surface area contributed by atoms with Crippen LogP contribution in [0.25, 0.3) is 0 Å². The minimum absolute atomic E-state index is 0.0558. The summed E-state index contributed by atoms with van der Waals surface area (Å²) in [6.45, 7) is 4.91. The first kappa shape index (κ1) is 13.7. The fourth-order valence-electron chi connectivity index (χ4n) is 3.03. The Kier molecular flexibility index (Phi) is 3.45. The number of fused-ring (bicyclic) bond motifs is 1. The Balaban J connectivity index is 2.01. The maximum absolute atomic E-state index is 12.9. The molecule has 2 aromatic rings. The van der Waals surface area contributed by atoms with Crippen LogP contribution in [-0.4, -0.2) is 17.0 Å². The second kappa shape index (κ2) is 5.28. The predicted octanol–water partition coefficient (Wildman–Crippen LogP) is 3.24. The zero-order valence-electron chi connectivity index (χ0n) is 12.5. The number of amides is 1. The summed E-state index contributed by atoms with van der Waals surface area (Å²) in [5.74, 6) is 0.0558. The summed E-state index contributed by atoms with van der Waals surface area (Å²) in [5.41, 5.74) is 9.63. The molecule has 2 N–H and O–H groups in total. The van der Waals surface area contributed by atoms with Crippen LogP contribution in [0.2, 0.25) is 0 Å². The van der Waals surface area contributed by atoms with Gasteiger partial charge in [-0.15, -0.1) is 0 Å². The van der Waals surface area contributed by atoms with Crippen LogP contribution in [0, 0.1) is 0 Å². The van der Waals surface area contributed by atoms with Crippen molar-refractivity contribution in [1.29, 1.82) is 0 Å². The van der Waals surface area contributed by atoms with Gasteiger partial charge in [-0.3, -0.25) is 4.79 Å². The van der Waals surface area contributed by atoms with Gasteiger partial charge < -0.3 is 15.2 Å². The molecule has 4 heteroatoms. The molecule has 4 nitrogen and oxygen atoms in total. The summed E-state index contributed by atoms with van der Waals surface area (Å²) < 4.78 is 2.02. The van der Waals surface area contributed by atoms with Gasteiger partial charge in [-0.05, 0) is 56.5 Å². The zero-order chi connectivity index (χ0) is 15.0. The Morgan fingerprint density at radius 1 is 1.24 bits per heavy atom. The molecule has 1 amide bonds. The molecule has 0 spiro atoms. The summed E-state index contributed by atoms with van der Waals surface area (Å²) >= 11 is 0. The normalized spacial score (nSPS) is 14.3. The lowest BCUT2D eigenvalue weighted by molar-refractivity contribution is 0.0975. The lowest BCUT2D eigenvalue weighted by Crippen LogP contribution is -2.37. The first-order valence-corrected chi connectivity index (χ1v) is 7.45. The maximum Gasteiger partial charge on any atom is 0.274 e. The molecule has 110 valence electrons. The number of carbonyl (C=O) groups excluding carboxylic acids is 1. The molecule has 21 heavy (non-hydrogen) atoms. The minimum Gasteiger partial charge on any atom is -0.398 e. The van der Waals surface area contributed by atoms with Crippen molar-refractivity contribution in [3.8, 4) is 0 Å². The van der Waals surface area contributed by atoms with Crippen LogP contribution in [0.15, 0.2) is 36.5 Å². The van der Waals surface area contributed by atoms with Crippen LogP contribution >= 0.6 is 0 Å². The Morgan fingerprint density at radius 2 is 2.05 bits per heavy atom.